The highest BCUT2D eigenvalue weighted by Crippen LogP contribution is 2.34. The van der Waals surface area contributed by atoms with Crippen LogP contribution in [0.4, 0.5) is 30.7 Å². The highest BCUT2D eigenvalue weighted by atomic mass is 19.4. The summed E-state index contributed by atoms with van der Waals surface area (Å²) in [6, 6.07) is -2.49. The van der Waals surface area contributed by atoms with Crippen LogP contribution in [0.25, 0.3) is 0 Å². The van der Waals surface area contributed by atoms with Gasteiger partial charge in [0.2, 0.25) is 0 Å². The molecule has 0 aliphatic rings. The van der Waals surface area contributed by atoms with Crippen molar-refractivity contribution in [1.82, 2.24) is 0 Å². The zero-order valence-corrected chi connectivity index (χ0v) is 6.46. The van der Waals surface area contributed by atoms with E-state index in [9.17, 15) is 30.7 Å². The van der Waals surface area contributed by atoms with E-state index in [1.165, 1.54) is 0 Å². The first-order valence-corrected chi connectivity index (χ1v) is 2.84. The summed E-state index contributed by atoms with van der Waals surface area (Å²) in [5, 5.41) is 0. The second kappa shape index (κ2) is 3.93. The summed E-state index contributed by atoms with van der Waals surface area (Å²) in [7, 11) is 0.431. The molecule has 0 rings (SSSR count). The third kappa shape index (κ3) is 4.19. The molecule has 0 spiro atoms. The van der Waals surface area contributed by atoms with Crippen molar-refractivity contribution in [2.45, 2.75) is 12.5 Å². The van der Waals surface area contributed by atoms with Crippen molar-refractivity contribution in [1.29, 1.82) is 0 Å². The average molecular weight is 228 g/mol. The van der Waals surface area contributed by atoms with Gasteiger partial charge in [-0.2, -0.15) is 17.6 Å². The molecule has 0 unspecified atom stereocenters. The van der Waals surface area contributed by atoms with E-state index in [1.54, 1.807) is 0 Å². The molecule has 2 nitrogen and oxygen atoms in total. The SMILES string of the molecule is COC(F)=C(OC(F)(F)F)C(F)(F)F. The van der Waals surface area contributed by atoms with E-state index in [4.69, 9.17) is 0 Å². The number of alkyl halides is 6. The smallest absolute Gasteiger partial charge is 0.471 e. The van der Waals surface area contributed by atoms with Crippen LogP contribution in [0, 0.1) is 0 Å². The molecule has 0 N–H and O–H groups in total. The van der Waals surface area contributed by atoms with E-state index >= 15 is 0 Å². The number of allylic oxidation sites excluding steroid dienone is 1. The van der Waals surface area contributed by atoms with E-state index in [-0.39, 0.29) is 0 Å². The van der Waals surface area contributed by atoms with Crippen molar-refractivity contribution in [3.05, 3.63) is 11.8 Å². The Kier molecular flexibility index (Phi) is 3.60. The zero-order valence-electron chi connectivity index (χ0n) is 6.46. The fraction of sp³-hybridized carbons (Fsp3) is 0.600. The number of ether oxygens (including phenoxy) is 2. The topological polar surface area (TPSA) is 18.5 Å². The molecule has 9 heteroatoms. The lowest BCUT2D eigenvalue weighted by Crippen LogP contribution is -2.24. The van der Waals surface area contributed by atoms with Crippen LogP contribution in [0.1, 0.15) is 0 Å². The molecule has 0 aliphatic heterocycles. The molecule has 0 atom stereocenters. The first kappa shape index (κ1) is 12.8. The summed E-state index contributed by atoms with van der Waals surface area (Å²) in [6.45, 7) is 0. The Morgan fingerprint density at radius 2 is 1.43 bits per heavy atom. The van der Waals surface area contributed by atoms with Crippen molar-refractivity contribution >= 4 is 0 Å². The van der Waals surface area contributed by atoms with Crippen LogP contribution in [0.3, 0.4) is 0 Å². The van der Waals surface area contributed by atoms with E-state index < -0.39 is 24.3 Å². The van der Waals surface area contributed by atoms with Crippen LogP contribution in [0.15, 0.2) is 11.8 Å². The third-order valence-corrected chi connectivity index (χ3v) is 0.833. The molecular formula is C5H3F7O2. The summed E-state index contributed by atoms with van der Waals surface area (Å²) in [4.78, 5) is 0. The van der Waals surface area contributed by atoms with Crippen LogP contribution in [-0.4, -0.2) is 19.6 Å². The number of halogens is 7. The largest absolute Gasteiger partial charge is 0.573 e. The molecule has 0 bridgehead atoms. The quantitative estimate of drug-likeness (QED) is 0.534. The lowest BCUT2D eigenvalue weighted by Gasteiger charge is -2.14. The lowest BCUT2D eigenvalue weighted by atomic mass is 10.5. The Labute approximate surface area is 72.9 Å². The summed E-state index contributed by atoms with van der Waals surface area (Å²) in [5.74, 6) is -2.87. The molecule has 0 radical (unpaired) electrons. The predicted octanol–water partition coefficient (Wildman–Crippen LogP) is 2.87. The standard InChI is InChI=1S/C5H3F7O2/c1-13-3(6)2(4(7,8)9)14-5(10,11)12/h1H3. The average Bonchev–Trinajstić information content (AvgIpc) is 1.95. The molecule has 0 aliphatic carbocycles. The van der Waals surface area contributed by atoms with E-state index in [0.29, 0.717) is 7.11 Å². The van der Waals surface area contributed by atoms with E-state index in [2.05, 4.69) is 9.47 Å². The summed E-state index contributed by atoms with van der Waals surface area (Å²) in [6.07, 6.45) is -11.3. The fourth-order valence-corrected chi connectivity index (χ4v) is 0.418. The number of hydrogen-bond acceptors (Lipinski definition) is 2. The second-order valence-electron chi connectivity index (χ2n) is 1.85. The van der Waals surface area contributed by atoms with Gasteiger partial charge in [0.15, 0.2) is 0 Å². The molecular weight excluding hydrogens is 225 g/mol. The van der Waals surface area contributed by atoms with Crippen molar-refractivity contribution < 1.29 is 40.2 Å². The fourth-order valence-electron chi connectivity index (χ4n) is 0.418. The van der Waals surface area contributed by atoms with Gasteiger partial charge in [0, 0.05) is 0 Å². The maximum absolute atomic E-state index is 12.1. The Morgan fingerprint density at radius 1 is 1.00 bits per heavy atom. The minimum atomic E-state index is -5.64. The minimum Gasteiger partial charge on any atom is -0.471 e. The predicted molar refractivity (Wildman–Crippen MR) is 28.3 cm³/mol. The van der Waals surface area contributed by atoms with Crippen LogP contribution in [0.5, 0.6) is 0 Å². The van der Waals surface area contributed by atoms with Gasteiger partial charge < -0.3 is 9.47 Å². The van der Waals surface area contributed by atoms with Crippen molar-refractivity contribution in [2.75, 3.05) is 7.11 Å². The van der Waals surface area contributed by atoms with Gasteiger partial charge in [-0.3, -0.25) is 0 Å². The monoisotopic (exact) mass is 228 g/mol. The Bertz CT molecular complexity index is 225. The Balaban J connectivity index is 4.96. The molecule has 14 heavy (non-hydrogen) atoms. The van der Waals surface area contributed by atoms with Gasteiger partial charge in [-0.25, -0.2) is 0 Å². The van der Waals surface area contributed by atoms with E-state index in [0.717, 1.165) is 0 Å². The van der Waals surface area contributed by atoms with Gasteiger partial charge in [-0.05, 0) is 0 Å². The van der Waals surface area contributed by atoms with Gasteiger partial charge >= 0.3 is 18.6 Å². The van der Waals surface area contributed by atoms with Crippen LogP contribution >= 0.6 is 0 Å². The number of methoxy groups -OCH3 is 1. The first-order valence-electron chi connectivity index (χ1n) is 2.84. The molecule has 84 valence electrons. The normalized spacial score (nSPS) is 14.9. The van der Waals surface area contributed by atoms with Crippen molar-refractivity contribution in [2.24, 2.45) is 0 Å². The molecule has 0 amide bonds. The molecule has 0 heterocycles. The van der Waals surface area contributed by atoms with Gasteiger partial charge in [0.25, 0.3) is 5.76 Å². The van der Waals surface area contributed by atoms with Crippen LogP contribution < -0.4 is 0 Å². The van der Waals surface area contributed by atoms with Gasteiger partial charge in [0.05, 0.1) is 7.11 Å². The minimum absolute atomic E-state index is 0.431. The number of hydrogen-bond donors (Lipinski definition) is 0. The van der Waals surface area contributed by atoms with Crippen LogP contribution in [-0.2, 0) is 9.47 Å². The highest BCUT2D eigenvalue weighted by Gasteiger charge is 2.47. The molecule has 0 aromatic carbocycles. The van der Waals surface area contributed by atoms with Crippen molar-refractivity contribution in [3.8, 4) is 0 Å². The maximum Gasteiger partial charge on any atom is 0.573 e. The molecule has 0 aromatic heterocycles. The lowest BCUT2D eigenvalue weighted by molar-refractivity contribution is -0.328. The molecule has 0 saturated heterocycles. The third-order valence-electron chi connectivity index (χ3n) is 0.833. The van der Waals surface area contributed by atoms with Gasteiger partial charge in [-0.1, -0.05) is 0 Å². The summed E-state index contributed by atoms with van der Waals surface area (Å²) >= 11 is 0. The molecule has 0 aromatic rings. The first-order chi connectivity index (χ1) is 6.08. The maximum atomic E-state index is 12.1. The molecule has 0 fully saturated rings. The second-order valence-corrected chi connectivity index (χ2v) is 1.85. The van der Waals surface area contributed by atoms with Crippen molar-refractivity contribution in [3.63, 3.8) is 0 Å². The summed E-state index contributed by atoms with van der Waals surface area (Å²) < 4.78 is 87.0. The van der Waals surface area contributed by atoms with Crippen LogP contribution in [0.2, 0.25) is 0 Å². The zero-order chi connectivity index (χ0) is 11.6. The highest BCUT2D eigenvalue weighted by molar-refractivity contribution is 5.01. The van der Waals surface area contributed by atoms with Gasteiger partial charge in [-0.15, -0.1) is 13.2 Å². The Hall–Kier alpha value is -1.15. The van der Waals surface area contributed by atoms with Gasteiger partial charge in [0.1, 0.15) is 0 Å². The Morgan fingerprint density at radius 3 is 1.64 bits per heavy atom. The molecule has 0 saturated carbocycles. The van der Waals surface area contributed by atoms with E-state index in [1.807, 2.05) is 0 Å². The number of rotatable bonds is 2. The summed E-state index contributed by atoms with van der Waals surface area (Å²) in [5.41, 5.74) is 0.